The number of furan rings is 1. The number of rotatable bonds is 7. The van der Waals surface area contributed by atoms with Gasteiger partial charge in [-0.3, -0.25) is 4.57 Å². The lowest BCUT2D eigenvalue weighted by Crippen LogP contribution is -2.74. The number of para-hydroxylation sites is 2. The quantitative estimate of drug-likeness (QED) is 0.121. The van der Waals surface area contributed by atoms with E-state index in [1.807, 2.05) is 42.5 Å². The smallest absolute Gasteiger partial charge is 0.238 e. The van der Waals surface area contributed by atoms with E-state index in [1.165, 1.54) is 26.1 Å². The predicted molar refractivity (Wildman–Crippen MR) is 236 cm³/mol. The molecule has 0 saturated carbocycles. The molecule has 3 heterocycles. The molecule has 268 valence electrons. The number of aromatic nitrogens is 4. The molecule has 0 aliphatic carbocycles. The molecule has 0 aliphatic rings. The molecule has 11 rings (SSSR count). The molecule has 0 unspecified atom stereocenters. The van der Waals surface area contributed by atoms with Crippen LogP contribution in [0.5, 0.6) is 0 Å². The fourth-order valence-electron chi connectivity index (χ4n) is 8.75. The van der Waals surface area contributed by atoms with Crippen LogP contribution in [0, 0.1) is 0 Å². The molecule has 0 radical (unpaired) electrons. The third-order valence-electron chi connectivity index (χ3n) is 11.2. The number of benzene rings is 8. The lowest BCUT2D eigenvalue weighted by Gasteiger charge is -2.35. The van der Waals surface area contributed by atoms with Crippen molar-refractivity contribution in [2.75, 3.05) is 0 Å². The van der Waals surface area contributed by atoms with E-state index in [4.69, 9.17) is 19.4 Å². The van der Waals surface area contributed by atoms with Crippen LogP contribution in [-0.2, 0) is 0 Å². The second-order valence-electron chi connectivity index (χ2n) is 14.4. The molecule has 0 aliphatic heterocycles. The summed E-state index contributed by atoms with van der Waals surface area (Å²) in [4.78, 5) is 15.5. The molecule has 11 aromatic rings. The van der Waals surface area contributed by atoms with Crippen molar-refractivity contribution in [2.45, 2.75) is 0 Å². The van der Waals surface area contributed by atoms with Crippen LogP contribution in [0.1, 0.15) is 0 Å². The fourth-order valence-corrected chi connectivity index (χ4v) is 13.7. The van der Waals surface area contributed by atoms with E-state index in [9.17, 15) is 0 Å². The van der Waals surface area contributed by atoms with Crippen LogP contribution in [-0.4, -0.2) is 27.6 Å². The summed E-state index contributed by atoms with van der Waals surface area (Å²) in [5, 5.41) is 9.73. The topological polar surface area (TPSA) is 56.7 Å². The van der Waals surface area contributed by atoms with Crippen molar-refractivity contribution in [3.8, 4) is 28.7 Å². The van der Waals surface area contributed by atoms with E-state index in [1.54, 1.807) is 0 Å². The van der Waals surface area contributed by atoms with Crippen LogP contribution in [0.4, 0.5) is 0 Å². The zero-order valence-corrected chi connectivity index (χ0v) is 31.8. The number of nitrogens with zero attached hydrogens (tertiary/aromatic N) is 4. The Morgan fingerprint density at radius 2 is 0.912 bits per heavy atom. The molecule has 3 aromatic heterocycles. The van der Waals surface area contributed by atoms with Gasteiger partial charge < -0.3 is 4.42 Å². The molecule has 0 N–H and O–H groups in total. The highest BCUT2D eigenvalue weighted by Gasteiger charge is 2.43. The maximum atomic E-state index is 6.39. The van der Waals surface area contributed by atoms with Crippen molar-refractivity contribution in [1.29, 1.82) is 0 Å². The molecule has 8 aromatic carbocycles. The van der Waals surface area contributed by atoms with Crippen molar-refractivity contribution in [3.63, 3.8) is 0 Å². The Balaban J connectivity index is 1.27. The molecule has 6 heteroatoms. The monoisotopic (exact) mass is 746 g/mol. The van der Waals surface area contributed by atoms with Crippen LogP contribution in [0.3, 0.4) is 0 Å². The SMILES string of the molecule is c1ccc(-c2nc(-c3ccccc3)nc(-n3c4ccccc4c4c([Si](c5ccccc5)(c5ccccc5)c5ccc6oc7ccccc7c6c5)cccc43)n2)cc1. The van der Waals surface area contributed by atoms with Gasteiger partial charge in [-0.05, 0) is 45.0 Å². The molecule has 0 spiro atoms. The van der Waals surface area contributed by atoms with Crippen molar-refractivity contribution in [2.24, 2.45) is 0 Å². The highest BCUT2D eigenvalue weighted by molar-refractivity contribution is 7.21. The van der Waals surface area contributed by atoms with Gasteiger partial charge in [-0.25, -0.2) is 4.98 Å². The van der Waals surface area contributed by atoms with Crippen molar-refractivity contribution in [3.05, 3.63) is 206 Å². The number of fused-ring (bicyclic) bond motifs is 6. The van der Waals surface area contributed by atoms with E-state index in [0.717, 1.165) is 49.5 Å². The molecule has 0 bridgehead atoms. The Bertz CT molecular complexity index is 3140. The first kappa shape index (κ1) is 33.0. The summed E-state index contributed by atoms with van der Waals surface area (Å²) in [5.41, 5.74) is 5.71. The third kappa shape index (κ3) is 5.26. The molecular formula is C51H34N4OSi. The summed E-state index contributed by atoms with van der Waals surface area (Å²) in [5.74, 6) is 1.82. The maximum absolute atomic E-state index is 6.39. The van der Waals surface area contributed by atoms with Gasteiger partial charge in [0.05, 0.1) is 11.0 Å². The zero-order chi connectivity index (χ0) is 37.8. The second-order valence-corrected chi connectivity index (χ2v) is 18.1. The first-order valence-electron chi connectivity index (χ1n) is 19.2. The lowest BCUT2D eigenvalue weighted by molar-refractivity contribution is 0.669. The average molecular weight is 747 g/mol. The lowest BCUT2D eigenvalue weighted by atomic mass is 10.1. The minimum Gasteiger partial charge on any atom is -0.456 e. The van der Waals surface area contributed by atoms with Gasteiger partial charge in [-0.2, -0.15) is 9.97 Å². The van der Waals surface area contributed by atoms with Gasteiger partial charge >= 0.3 is 0 Å². The van der Waals surface area contributed by atoms with Crippen molar-refractivity contribution < 1.29 is 4.42 Å². The van der Waals surface area contributed by atoms with E-state index >= 15 is 0 Å². The van der Waals surface area contributed by atoms with Crippen molar-refractivity contribution >= 4 is 72.6 Å². The fraction of sp³-hybridized carbons (Fsp3) is 0. The van der Waals surface area contributed by atoms with Gasteiger partial charge in [0, 0.05) is 32.7 Å². The summed E-state index contributed by atoms with van der Waals surface area (Å²) < 4.78 is 8.63. The van der Waals surface area contributed by atoms with Gasteiger partial charge in [0.15, 0.2) is 19.7 Å². The minimum atomic E-state index is -3.08. The molecule has 57 heavy (non-hydrogen) atoms. The maximum Gasteiger partial charge on any atom is 0.238 e. The molecular weight excluding hydrogens is 713 g/mol. The van der Waals surface area contributed by atoms with Crippen LogP contribution >= 0.6 is 0 Å². The Hall–Kier alpha value is -7.41. The van der Waals surface area contributed by atoms with Crippen molar-refractivity contribution in [1.82, 2.24) is 19.5 Å². The molecule has 0 saturated heterocycles. The summed E-state index contributed by atoms with van der Waals surface area (Å²) in [6.07, 6.45) is 0. The molecule has 0 atom stereocenters. The summed E-state index contributed by atoms with van der Waals surface area (Å²) in [6.45, 7) is 0. The Morgan fingerprint density at radius 1 is 0.386 bits per heavy atom. The minimum absolute atomic E-state index is 0.573. The summed E-state index contributed by atoms with van der Waals surface area (Å²) in [6, 6.07) is 73.2. The Kier molecular flexibility index (Phi) is 7.76. The molecule has 5 nitrogen and oxygen atoms in total. The highest BCUT2D eigenvalue weighted by Crippen LogP contribution is 2.34. The van der Waals surface area contributed by atoms with Crippen LogP contribution in [0.15, 0.2) is 211 Å². The normalized spacial score (nSPS) is 11.9. The average Bonchev–Trinajstić information content (AvgIpc) is 3.84. The first-order chi connectivity index (χ1) is 28.3. The predicted octanol–water partition coefficient (Wildman–Crippen LogP) is 9.58. The van der Waals surface area contributed by atoms with E-state index in [0.29, 0.717) is 17.6 Å². The Labute approximate surface area is 330 Å². The van der Waals surface area contributed by atoms with Gasteiger partial charge in [0.2, 0.25) is 5.95 Å². The number of hydrogen-bond acceptors (Lipinski definition) is 4. The van der Waals surface area contributed by atoms with Crippen LogP contribution in [0.2, 0.25) is 0 Å². The summed E-state index contributed by atoms with van der Waals surface area (Å²) in [7, 11) is -3.08. The van der Waals surface area contributed by atoms with E-state index in [2.05, 4.69) is 168 Å². The first-order valence-corrected chi connectivity index (χ1v) is 21.2. The Morgan fingerprint density at radius 3 is 1.56 bits per heavy atom. The second kappa shape index (κ2) is 13.4. The number of hydrogen-bond donors (Lipinski definition) is 0. The van der Waals surface area contributed by atoms with Gasteiger partial charge in [0.1, 0.15) is 11.2 Å². The van der Waals surface area contributed by atoms with Crippen LogP contribution in [0.25, 0.3) is 72.5 Å². The zero-order valence-electron chi connectivity index (χ0n) is 30.8. The van der Waals surface area contributed by atoms with Gasteiger partial charge in [-0.15, -0.1) is 0 Å². The van der Waals surface area contributed by atoms with E-state index < -0.39 is 8.07 Å². The largest absolute Gasteiger partial charge is 0.456 e. The van der Waals surface area contributed by atoms with E-state index in [-0.39, 0.29) is 0 Å². The third-order valence-corrected chi connectivity index (χ3v) is 16.0. The molecule has 0 amide bonds. The van der Waals surface area contributed by atoms with Gasteiger partial charge in [0.25, 0.3) is 0 Å². The van der Waals surface area contributed by atoms with Gasteiger partial charge in [-0.1, -0.05) is 182 Å². The summed E-state index contributed by atoms with van der Waals surface area (Å²) >= 11 is 0. The molecule has 0 fully saturated rings. The van der Waals surface area contributed by atoms with Crippen LogP contribution < -0.4 is 20.7 Å². The standard InChI is InChI=1S/C51H34N4OSi/c1-5-18-35(19-6-1)49-52-50(36-20-7-2-8-21-36)54-51(53-49)55-43-28-15-13-27-41(43)48-44(55)29-17-31-47(48)57(37-22-9-3-10-23-37,38-24-11-4-12-25-38)39-32-33-46-42(34-39)40-26-14-16-30-45(40)56-46/h1-34H. The highest BCUT2D eigenvalue weighted by atomic mass is 28.3.